The number of likely N-dealkylation sites (tertiary alicyclic amines) is 1. The van der Waals surface area contributed by atoms with Crippen molar-refractivity contribution in [1.82, 2.24) is 4.90 Å². The minimum atomic E-state index is -0.737. The Kier molecular flexibility index (Phi) is 5.52. The van der Waals surface area contributed by atoms with Crippen molar-refractivity contribution in [1.29, 1.82) is 0 Å². The van der Waals surface area contributed by atoms with Crippen molar-refractivity contribution in [2.24, 2.45) is 11.8 Å². The molecule has 5 heteroatoms. The lowest BCUT2D eigenvalue weighted by Crippen LogP contribution is -2.50. The Morgan fingerprint density at radius 2 is 1.66 bits per heavy atom. The van der Waals surface area contributed by atoms with Gasteiger partial charge in [-0.05, 0) is 80.2 Å². The minimum absolute atomic E-state index is 0.0654. The molecule has 1 amide bonds. The number of rotatable bonds is 4. The number of carbonyl (C=O) groups excluding carboxylic acids is 1. The summed E-state index contributed by atoms with van der Waals surface area (Å²) in [6, 6.07) is 15.5. The minimum Gasteiger partial charge on any atom is -0.481 e. The fourth-order valence-electron chi connectivity index (χ4n) is 6.56. The van der Waals surface area contributed by atoms with Gasteiger partial charge in [-0.25, -0.2) is 4.39 Å². The van der Waals surface area contributed by atoms with E-state index in [1.807, 2.05) is 12.1 Å². The number of aliphatic carboxylic acids is 1. The van der Waals surface area contributed by atoms with E-state index in [0.717, 1.165) is 37.8 Å². The topological polar surface area (TPSA) is 57.6 Å². The monoisotopic (exact) mass is 435 g/mol. The third-order valence-corrected chi connectivity index (χ3v) is 8.20. The zero-order chi connectivity index (χ0) is 22.3. The summed E-state index contributed by atoms with van der Waals surface area (Å²) in [5.74, 6) is -1.13. The molecule has 0 aromatic heterocycles. The van der Waals surface area contributed by atoms with Crippen LogP contribution in [0, 0.1) is 17.7 Å². The molecule has 4 nitrogen and oxygen atoms in total. The van der Waals surface area contributed by atoms with E-state index in [0.29, 0.717) is 25.7 Å². The average molecular weight is 436 g/mol. The molecule has 2 atom stereocenters. The lowest BCUT2D eigenvalue weighted by Gasteiger charge is -2.44. The molecule has 2 aromatic carbocycles. The lowest BCUT2D eigenvalue weighted by molar-refractivity contribution is -0.146. The highest BCUT2D eigenvalue weighted by atomic mass is 19.1. The van der Waals surface area contributed by atoms with Crippen LogP contribution in [0.3, 0.4) is 0 Å². The van der Waals surface area contributed by atoms with Crippen LogP contribution in [-0.2, 0) is 27.8 Å². The second-order valence-electron chi connectivity index (χ2n) is 9.84. The molecule has 5 rings (SSSR count). The molecule has 1 heterocycles. The molecule has 2 aliphatic carbocycles. The molecule has 2 fully saturated rings. The summed E-state index contributed by atoms with van der Waals surface area (Å²) in [5, 5.41) is 9.29. The van der Waals surface area contributed by atoms with Crippen LogP contribution >= 0.6 is 0 Å². The highest BCUT2D eigenvalue weighted by Gasteiger charge is 2.53. The summed E-state index contributed by atoms with van der Waals surface area (Å²) in [4.78, 5) is 27.0. The van der Waals surface area contributed by atoms with Crippen molar-refractivity contribution < 1.29 is 19.1 Å². The number of nitrogens with zero attached hydrogens (tertiary/aromatic N) is 1. The van der Waals surface area contributed by atoms with Gasteiger partial charge in [0.25, 0.3) is 0 Å². The maximum absolute atomic E-state index is 13.6. The first kappa shape index (κ1) is 21.2. The molecule has 0 radical (unpaired) electrons. The first-order valence-corrected chi connectivity index (χ1v) is 11.8. The molecule has 1 aliphatic heterocycles. The largest absolute Gasteiger partial charge is 0.481 e. The van der Waals surface area contributed by atoms with Gasteiger partial charge < -0.3 is 10.0 Å². The number of benzene rings is 2. The zero-order valence-corrected chi connectivity index (χ0v) is 18.3. The Balaban J connectivity index is 1.43. The van der Waals surface area contributed by atoms with Crippen molar-refractivity contribution in [3.8, 4) is 0 Å². The smallest absolute Gasteiger partial charge is 0.306 e. The highest BCUT2D eigenvalue weighted by molar-refractivity contribution is 5.80. The van der Waals surface area contributed by atoms with Crippen LogP contribution in [0.4, 0.5) is 4.39 Å². The van der Waals surface area contributed by atoms with Crippen LogP contribution in [0.5, 0.6) is 0 Å². The van der Waals surface area contributed by atoms with Crippen LogP contribution in [0.25, 0.3) is 0 Å². The Morgan fingerprint density at radius 1 is 0.969 bits per heavy atom. The summed E-state index contributed by atoms with van der Waals surface area (Å²) in [7, 11) is 0. The summed E-state index contributed by atoms with van der Waals surface area (Å²) >= 11 is 0. The quantitative estimate of drug-likeness (QED) is 0.754. The van der Waals surface area contributed by atoms with Crippen LogP contribution in [-0.4, -0.2) is 34.5 Å². The number of amides is 1. The fourth-order valence-corrected chi connectivity index (χ4v) is 6.56. The number of fused-ring (bicyclic) bond motifs is 3. The number of hydrogen-bond donors (Lipinski definition) is 1. The van der Waals surface area contributed by atoms with E-state index in [4.69, 9.17) is 0 Å². The number of hydrogen-bond acceptors (Lipinski definition) is 2. The van der Waals surface area contributed by atoms with Crippen LogP contribution in [0.15, 0.2) is 48.5 Å². The SMILES string of the molecule is O=C(O)[C@H]1CC[C@H](C(=O)N2CCC3(Cc4ccc(F)cc4)c4ccccc4CCC23)CC1. The van der Waals surface area contributed by atoms with E-state index in [2.05, 4.69) is 29.2 Å². The number of carboxylic acids is 1. The normalized spacial score (nSPS) is 29.3. The molecule has 32 heavy (non-hydrogen) atoms. The zero-order valence-electron chi connectivity index (χ0n) is 18.3. The van der Waals surface area contributed by atoms with E-state index in [9.17, 15) is 19.1 Å². The molecule has 1 saturated heterocycles. The molecule has 0 spiro atoms. The second-order valence-corrected chi connectivity index (χ2v) is 9.84. The molecular weight excluding hydrogens is 405 g/mol. The number of carbonyl (C=O) groups is 2. The van der Waals surface area contributed by atoms with Gasteiger partial charge in [0.1, 0.15) is 5.82 Å². The van der Waals surface area contributed by atoms with Gasteiger partial charge >= 0.3 is 5.97 Å². The third kappa shape index (κ3) is 3.62. The van der Waals surface area contributed by atoms with Crippen molar-refractivity contribution in [2.75, 3.05) is 6.54 Å². The van der Waals surface area contributed by atoms with E-state index in [-0.39, 0.29) is 35.0 Å². The number of aryl methyl sites for hydroxylation is 1. The van der Waals surface area contributed by atoms with Crippen molar-refractivity contribution in [2.45, 2.75) is 62.8 Å². The molecule has 0 bridgehead atoms. The molecule has 3 aliphatic rings. The average Bonchev–Trinajstić information content (AvgIpc) is 3.19. The Hall–Kier alpha value is -2.69. The maximum Gasteiger partial charge on any atom is 0.306 e. The molecule has 168 valence electrons. The Morgan fingerprint density at radius 3 is 2.38 bits per heavy atom. The van der Waals surface area contributed by atoms with E-state index in [1.54, 1.807) is 0 Å². The lowest BCUT2D eigenvalue weighted by atomic mass is 9.64. The fraction of sp³-hybridized carbons (Fsp3) is 0.481. The predicted molar refractivity (Wildman–Crippen MR) is 120 cm³/mol. The molecular formula is C27H30FNO3. The van der Waals surface area contributed by atoms with Gasteiger partial charge in [0.2, 0.25) is 5.91 Å². The summed E-state index contributed by atoms with van der Waals surface area (Å²) in [6.07, 6.45) is 6.12. The summed E-state index contributed by atoms with van der Waals surface area (Å²) in [6.45, 7) is 0.734. The number of halogens is 1. The molecule has 2 aromatic rings. The van der Waals surface area contributed by atoms with E-state index < -0.39 is 5.97 Å². The summed E-state index contributed by atoms with van der Waals surface area (Å²) < 4.78 is 13.5. The second kappa shape index (κ2) is 8.34. The first-order chi connectivity index (χ1) is 15.5. The predicted octanol–water partition coefficient (Wildman–Crippen LogP) is 4.74. The Labute approximate surface area is 188 Å². The van der Waals surface area contributed by atoms with Crippen molar-refractivity contribution in [3.05, 3.63) is 71.0 Å². The third-order valence-electron chi connectivity index (χ3n) is 8.20. The van der Waals surface area contributed by atoms with E-state index >= 15 is 0 Å². The van der Waals surface area contributed by atoms with Crippen LogP contribution < -0.4 is 0 Å². The van der Waals surface area contributed by atoms with Gasteiger partial charge in [0.15, 0.2) is 0 Å². The van der Waals surface area contributed by atoms with Gasteiger partial charge in [-0.2, -0.15) is 0 Å². The maximum atomic E-state index is 13.6. The summed E-state index contributed by atoms with van der Waals surface area (Å²) in [5.41, 5.74) is 3.65. The van der Waals surface area contributed by atoms with Gasteiger partial charge in [-0.15, -0.1) is 0 Å². The van der Waals surface area contributed by atoms with Gasteiger partial charge in [0.05, 0.1) is 5.92 Å². The van der Waals surface area contributed by atoms with Crippen LogP contribution in [0.2, 0.25) is 0 Å². The van der Waals surface area contributed by atoms with Gasteiger partial charge in [-0.1, -0.05) is 36.4 Å². The van der Waals surface area contributed by atoms with Crippen molar-refractivity contribution >= 4 is 11.9 Å². The highest BCUT2D eigenvalue weighted by Crippen LogP contribution is 2.49. The number of carboxylic acid groups (broad SMARTS) is 1. The molecule has 1 saturated carbocycles. The standard InChI is InChI=1S/C27H30FNO3/c28-22-12-5-18(6-13-22)17-27-15-16-29(24(27)14-11-19-3-1-2-4-23(19)27)25(30)20-7-9-21(10-8-20)26(31)32/h1-6,12-13,20-21,24H,7-11,14-17H2,(H,31,32)/t20-,21-,24?,27?. The van der Waals surface area contributed by atoms with Gasteiger partial charge in [-0.3, -0.25) is 9.59 Å². The van der Waals surface area contributed by atoms with E-state index in [1.165, 1.54) is 23.3 Å². The molecule has 2 unspecified atom stereocenters. The van der Waals surface area contributed by atoms with Crippen molar-refractivity contribution in [3.63, 3.8) is 0 Å². The Bertz CT molecular complexity index is 1010. The van der Waals surface area contributed by atoms with Crippen LogP contribution in [0.1, 0.15) is 55.2 Å². The molecule has 1 N–H and O–H groups in total. The first-order valence-electron chi connectivity index (χ1n) is 11.8. The van der Waals surface area contributed by atoms with Gasteiger partial charge in [0, 0.05) is 23.9 Å².